The molecular formula is C28H36N6O5S2. The van der Waals surface area contributed by atoms with E-state index in [0.717, 1.165) is 34.9 Å². The molecule has 13 heteroatoms. The van der Waals surface area contributed by atoms with Gasteiger partial charge in [0.1, 0.15) is 18.2 Å². The average Bonchev–Trinajstić information content (AvgIpc) is 3.33. The molecule has 1 aromatic heterocycles. The lowest BCUT2D eigenvalue weighted by Crippen LogP contribution is -2.42. The maximum atomic E-state index is 12.9. The van der Waals surface area contributed by atoms with E-state index in [-0.39, 0.29) is 16.4 Å². The lowest BCUT2D eigenvalue weighted by molar-refractivity contribution is 0.219. The number of hydrogen-bond donors (Lipinski definition) is 2. The van der Waals surface area contributed by atoms with Gasteiger partial charge in [-0.3, -0.25) is 4.90 Å². The molecular weight excluding hydrogens is 564 g/mol. The zero-order chi connectivity index (χ0) is 29.3. The molecule has 5 rings (SSSR count). The molecule has 3 aromatic rings. The number of nitrogens with one attached hydrogen (secondary N) is 2. The molecule has 1 saturated heterocycles. The zero-order valence-electron chi connectivity index (χ0n) is 23.5. The number of nitrogens with zero attached hydrogens (tertiary/aromatic N) is 4. The second-order valence-corrected chi connectivity index (χ2v) is 15.3. The van der Waals surface area contributed by atoms with Crippen LogP contribution in [-0.4, -0.2) is 81.5 Å². The van der Waals surface area contributed by atoms with Gasteiger partial charge in [0.2, 0.25) is 16.0 Å². The van der Waals surface area contributed by atoms with E-state index in [1.165, 1.54) is 0 Å². The number of hydrogen-bond acceptors (Lipinski definition) is 10. The second kappa shape index (κ2) is 11.6. The maximum Gasteiger partial charge on any atom is 0.241 e. The summed E-state index contributed by atoms with van der Waals surface area (Å²) in [5.41, 5.74) is 1.95. The Morgan fingerprint density at radius 2 is 1.76 bits per heavy atom. The molecule has 3 heterocycles. The van der Waals surface area contributed by atoms with E-state index in [2.05, 4.69) is 19.9 Å². The molecule has 2 aliphatic heterocycles. The van der Waals surface area contributed by atoms with Crippen LogP contribution in [0.2, 0.25) is 0 Å². The summed E-state index contributed by atoms with van der Waals surface area (Å²) in [6.07, 6.45) is 2.56. The number of sulfone groups is 1. The molecule has 1 fully saturated rings. The van der Waals surface area contributed by atoms with E-state index in [9.17, 15) is 16.8 Å². The van der Waals surface area contributed by atoms with E-state index < -0.39 is 25.4 Å². The second-order valence-electron chi connectivity index (χ2n) is 11.3. The molecule has 2 aromatic carbocycles. The van der Waals surface area contributed by atoms with Crippen molar-refractivity contribution in [3.05, 3.63) is 60.3 Å². The van der Waals surface area contributed by atoms with Crippen molar-refractivity contribution in [2.75, 3.05) is 54.5 Å². The van der Waals surface area contributed by atoms with Crippen molar-refractivity contribution in [2.24, 2.45) is 0 Å². The first-order chi connectivity index (χ1) is 19.4. The number of benzene rings is 2. The molecule has 0 amide bonds. The van der Waals surface area contributed by atoms with Gasteiger partial charge in [-0.2, -0.15) is 4.98 Å². The predicted octanol–water partition coefficient (Wildman–Crippen LogP) is 3.10. The molecule has 0 atom stereocenters. The van der Waals surface area contributed by atoms with Gasteiger partial charge in [0.15, 0.2) is 9.84 Å². The van der Waals surface area contributed by atoms with Crippen molar-refractivity contribution in [1.29, 1.82) is 0 Å². The number of ether oxygens (including phenoxy) is 1. The third-order valence-corrected chi connectivity index (χ3v) is 10.2. The third-order valence-electron chi connectivity index (χ3n) is 6.81. The monoisotopic (exact) mass is 600 g/mol. The van der Waals surface area contributed by atoms with E-state index in [4.69, 9.17) is 9.72 Å². The Balaban J connectivity index is 1.22. The van der Waals surface area contributed by atoms with Crippen LogP contribution in [0.4, 0.5) is 23.1 Å². The van der Waals surface area contributed by atoms with Crippen molar-refractivity contribution in [3.8, 4) is 5.75 Å². The summed E-state index contributed by atoms with van der Waals surface area (Å²) in [5, 5.41) is 3.23. The fourth-order valence-corrected chi connectivity index (χ4v) is 7.50. The minimum atomic E-state index is -3.67. The van der Waals surface area contributed by atoms with Gasteiger partial charge >= 0.3 is 0 Å². The van der Waals surface area contributed by atoms with Gasteiger partial charge in [0.25, 0.3) is 0 Å². The van der Waals surface area contributed by atoms with Gasteiger partial charge in [0, 0.05) is 54.9 Å². The van der Waals surface area contributed by atoms with Gasteiger partial charge in [0.05, 0.1) is 16.4 Å². The minimum Gasteiger partial charge on any atom is -0.492 e. The van der Waals surface area contributed by atoms with Crippen LogP contribution in [-0.2, 0) is 26.3 Å². The summed E-state index contributed by atoms with van der Waals surface area (Å²) in [5.74, 6) is 2.31. The number of rotatable bonds is 9. The highest BCUT2D eigenvalue weighted by molar-refractivity contribution is 7.91. The smallest absolute Gasteiger partial charge is 0.241 e. The molecule has 2 N–H and O–H groups in total. The summed E-state index contributed by atoms with van der Waals surface area (Å²) in [7, 11) is -6.56. The SMILES string of the molecule is CC(C)(C)NS(=O)(=O)c1cccc(N2CCc3cnc(Nc4ccc(OCCN5CCS(=O)(=O)CC5)cc4)nc32)c1. The standard InChI is InChI=1S/C28H36N6O5S2/c1-28(2,3)32-41(37,38)25-6-4-5-23(19-25)34-12-11-21-20-29-27(31-26(21)34)30-22-7-9-24(10-8-22)39-16-13-33-14-17-40(35,36)18-15-33/h4-10,19-20,32H,11-18H2,1-3H3,(H,29,30,31). The highest BCUT2D eigenvalue weighted by atomic mass is 32.2. The van der Waals surface area contributed by atoms with E-state index in [1.54, 1.807) is 24.4 Å². The first-order valence-electron chi connectivity index (χ1n) is 13.6. The Hall–Kier alpha value is -3.26. The highest BCUT2D eigenvalue weighted by Crippen LogP contribution is 2.34. The summed E-state index contributed by atoms with van der Waals surface area (Å²) < 4.78 is 57.5. The van der Waals surface area contributed by atoms with E-state index in [1.807, 2.05) is 56.0 Å². The largest absolute Gasteiger partial charge is 0.492 e. The van der Waals surface area contributed by atoms with Crippen LogP contribution in [0.1, 0.15) is 26.3 Å². The number of anilines is 4. The molecule has 41 heavy (non-hydrogen) atoms. The van der Waals surface area contributed by atoms with Gasteiger partial charge in [-0.15, -0.1) is 0 Å². The summed E-state index contributed by atoms with van der Waals surface area (Å²) in [6.45, 7) is 8.35. The first kappa shape index (κ1) is 29.2. The van der Waals surface area contributed by atoms with Crippen molar-refractivity contribution in [3.63, 3.8) is 0 Å². The number of sulfonamides is 1. The van der Waals surface area contributed by atoms with Gasteiger partial charge in [-0.25, -0.2) is 26.5 Å². The average molecular weight is 601 g/mol. The molecule has 2 aliphatic rings. The van der Waals surface area contributed by atoms with Crippen LogP contribution in [0.25, 0.3) is 0 Å². The topological polar surface area (TPSA) is 134 Å². The number of aromatic nitrogens is 2. The Labute approximate surface area is 241 Å². The van der Waals surface area contributed by atoms with Crippen LogP contribution in [0.5, 0.6) is 5.75 Å². The fourth-order valence-electron chi connectivity index (χ4n) is 4.77. The third kappa shape index (κ3) is 7.53. The highest BCUT2D eigenvalue weighted by Gasteiger charge is 2.26. The Morgan fingerprint density at radius 3 is 2.46 bits per heavy atom. The molecule has 0 aliphatic carbocycles. The fraction of sp³-hybridized carbons (Fsp3) is 0.429. The maximum absolute atomic E-state index is 12.9. The number of fused-ring (bicyclic) bond motifs is 1. The molecule has 11 nitrogen and oxygen atoms in total. The zero-order valence-corrected chi connectivity index (χ0v) is 25.1. The lowest BCUT2D eigenvalue weighted by Gasteiger charge is -2.26. The predicted molar refractivity (Wildman–Crippen MR) is 160 cm³/mol. The van der Waals surface area contributed by atoms with Crippen molar-refractivity contribution in [2.45, 2.75) is 37.6 Å². The summed E-state index contributed by atoms with van der Waals surface area (Å²) >= 11 is 0. The summed E-state index contributed by atoms with van der Waals surface area (Å²) in [4.78, 5) is 13.5. The van der Waals surface area contributed by atoms with E-state index in [0.29, 0.717) is 38.7 Å². The van der Waals surface area contributed by atoms with Crippen molar-refractivity contribution < 1.29 is 21.6 Å². The van der Waals surface area contributed by atoms with Crippen molar-refractivity contribution in [1.82, 2.24) is 19.6 Å². The Morgan fingerprint density at radius 1 is 1.02 bits per heavy atom. The molecule has 220 valence electrons. The molecule has 0 unspecified atom stereocenters. The first-order valence-corrected chi connectivity index (χ1v) is 16.9. The molecule has 0 radical (unpaired) electrons. The van der Waals surface area contributed by atoms with Crippen LogP contribution < -0.4 is 19.7 Å². The Kier molecular flexibility index (Phi) is 8.24. The normalized spacial score (nSPS) is 17.3. The lowest BCUT2D eigenvalue weighted by atomic mass is 10.1. The molecule has 0 spiro atoms. The van der Waals surface area contributed by atoms with Crippen LogP contribution in [0, 0.1) is 0 Å². The Bertz CT molecular complexity index is 1590. The van der Waals surface area contributed by atoms with Crippen LogP contribution >= 0.6 is 0 Å². The van der Waals surface area contributed by atoms with Gasteiger partial charge < -0.3 is 15.0 Å². The van der Waals surface area contributed by atoms with Gasteiger partial charge in [-0.05, 0) is 69.7 Å². The van der Waals surface area contributed by atoms with Crippen molar-refractivity contribution >= 4 is 43.0 Å². The van der Waals surface area contributed by atoms with Gasteiger partial charge in [-0.1, -0.05) is 6.07 Å². The minimum absolute atomic E-state index is 0.206. The summed E-state index contributed by atoms with van der Waals surface area (Å²) in [6, 6.07) is 14.4. The van der Waals surface area contributed by atoms with Crippen LogP contribution in [0.3, 0.4) is 0 Å². The molecule has 0 bridgehead atoms. The van der Waals surface area contributed by atoms with Crippen LogP contribution in [0.15, 0.2) is 59.6 Å². The quantitative estimate of drug-likeness (QED) is 0.377. The molecule has 0 saturated carbocycles. The van der Waals surface area contributed by atoms with E-state index >= 15 is 0 Å².